The van der Waals surface area contributed by atoms with Crippen LogP contribution in [0.5, 0.6) is 0 Å². The fourth-order valence-electron chi connectivity index (χ4n) is 3.45. The molecule has 1 aliphatic heterocycles. The van der Waals surface area contributed by atoms with Gasteiger partial charge in [0.15, 0.2) is 0 Å². The summed E-state index contributed by atoms with van der Waals surface area (Å²) in [5.41, 5.74) is 0.225. The fraction of sp³-hybridized carbons (Fsp3) is 0.700. The van der Waals surface area contributed by atoms with Gasteiger partial charge in [0, 0.05) is 26.2 Å². The molecule has 2 heterocycles. The highest BCUT2D eigenvalue weighted by Gasteiger charge is 2.31. The van der Waals surface area contributed by atoms with E-state index in [0.29, 0.717) is 18.9 Å². The third-order valence-corrected chi connectivity index (χ3v) is 5.25. The summed E-state index contributed by atoms with van der Waals surface area (Å²) in [5.74, 6) is -0.509. The molecule has 29 heavy (non-hydrogen) atoms. The summed E-state index contributed by atoms with van der Waals surface area (Å²) in [4.78, 5) is 39.1. The van der Waals surface area contributed by atoms with Gasteiger partial charge in [-0.2, -0.15) is 5.10 Å². The van der Waals surface area contributed by atoms with E-state index in [1.54, 1.807) is 14.0 Å². The molecule has 1 saturated heterocycles. The van der Waals surface area contributed by atoms with E-state index in [-0.39, 0.29) is 42.5 Å². The lowest BCUT2D eigenvalue weighted by Crippen LogP contribution is -2.49. The molecule has 0 spiro atoms. The standard InChI is InChI=1S/C20H33N5O4/c1-5-7-10-21-19(27)15-9-8-14(3)25(12-15)13-17(26)23-18-16(11-22-24(18)4)20(28)29-6-2/h11,14-15H,5-10,12-13H2,1-4H3,(H,21,27)(H,23,26). The number of carbonyl (C=O) groups is 3. The average molecular weight is 408 g/mol. The normalized spacial score (nSPS) is 19.6. The molecule has 1 aliphatic rings. The van der Waals surface area contributed by atoms with Gasteiger partial charge in [-0.05, 0) is 33.1 Å². The summed E-state index contributed by atoms with van der Waals surface area (Å²) in [6.07, 6.45) is 5.07. The smallest absolute Gasteiger partial charge is 0.343 e. The fourth-order valence-corrected chi connectivity index (χ4v) is 3.45. The van der Waals surface area contributed by atoms with Gasteiger partial charge in [0.05, 0.1) is 25.3 Å². The van der Waals surface area contributed by atoms with Crippen molar-refractivity contribution in [3.8, 4) is 0 Å². The molecule has 0 bridgehead atoms. The summed E-state index contributed by atoms with van der Waals surface area (Å²) in [5, 5.41) is 9.80. The molecule has 0 aromatic carbocycles. The molecule has 0 saturated carbocycles. The third kappa shape index (κ3) is 6.28. The predicted molar refractivity (Wildman–Crippen MR) is 109 cm³/mol. The van der Waals surface area contributed by atoms with E-state index in [2.05, 4.69) is 29.6 Å². The van der Waals surface area contributed by atoms with E-state index in [1.807, 2.05) is 4.90 Å². The molecule has 1 aromatic rings. The van der Waals surface area contributed by atoms with Crippen molar-refractivity contribution in [2.24, 2.45) is 13.0 Å². The van der Waals surface area contributed by atoms with Gasteiger partial charge in [0.2, 0.25) is 11.8 Å². The van der Waals surface area contributed by atoms with Crippen LogP contribution in [0.3, 0.4) is 0 Å². The summed E-state index contributed by atoms with van der Waals surface area (Å²) < 4.78 is 6.45. The zero-order valence-electron chi connectivity index (χ0n) is 17.9. The Balaban J connectivity index is 1.96. The maximum atomic E-state index is 12.6. The Morgan fingerprint density at radius 3 is 2.72 bits per heavy atom. The highest BCUT2D eigenvalue weighted by Crippen LogP contribution is 2.22. The maximum Gasteiger partial charge on any atom is 0.343 e. The van der Waals surface area contributed by atoms with Crippen molar-refractivity contribution < 1.29 is 19.1 Å². The molecular weight excluding hydrogens is 374 g/mol. The van der Waals surface area contributed by atoms with Crippen molar-refractivity contribution in [3.63, 3.8) is 0 Å². The van der Waals surface area contributed by atoms with E-state index in [1.165, 1.54) is 10.9 Å². The number of esters is 1. The summed E-state index contributed by atoms with van der Waals surface area (Å²) >= 11 is 0. The third-order valence-electron chi connectivity index (χ3n) is 5.25. The van der Waals surface area contributed by atoms with Gasteiger partial charge in [0.1, 0.15) is 11.4 Å². The van der Waals surface area contributed by atoms with Crippen molar-refractivity contribution >= 4 is 23.6 Å². The molecule has 0 radical (unpaired) electrons. The molecule has 162 valence electrons. The number of unbranched alkanes of at least 4 members (excludes halogenated alkanes) is 1. The minimum atomic E-state index is -0.522. The number of piperidine rings is 1. The Hall–Kier alpha value is -2.42. The number of rotatable bonds is 9. The van der Waals surface area contributed by atoms with Crippen LogP contribution in [-0.4, -0.2) is 64.7 Å². The first-order chi connectivity index (χ1) is 13.9. The molecule has 2 atom stereocenters. The predicted octanol–water partition coefficient (Wildman–Crippen LogP) is 1.55. The van der Waals surface area contributed by atoms with E-state index >= 15 is 0 Å². The Bertz CT molecular complexity index is 718. The van der Waals surface area contributed by atoms with Crippen LogP contribution in [0.4, 0.5) is 5.82 Å². The number of hydrogen-bond acceptors (Lipinski definition) is 6. The molecular formula is C20H33N5O4. The molecule has 9 nitrogen and oxygen atoms in total. The number of anilines is 1. The lowest BCUT2D eigenvalue weighted by atomic mass is 9.92. The highest BCUT2D eigenvalue weighted by molar-refractivity contribution is 6.00. The van der Waals surface area contributed by atoms with Crippen LogP contribution in [0.25, 0.3) is 0 Å². The first kappa shape index (κ1) is 22.9. The zero-order chi connectivity index (χ0) is 21.4. The SMILES string of the molecule is CCCCNC(=O)C1CCC(C)N(CC(=O)Nc2c(C(=O)OCC)cnn2C)C1. The monoisotopic (exact) mass is 407 g/mol. The van der Waals surface area contributed by atoms with Crippen molar-refractivity contribution in [2.75, 3.05) is 31.6 Å². The first-order valence-electron chi connectivity index (χ1n) is 10.4. The van der Waals surface area contributed by atoms with Gasteiger partial charge < -0.3 is 15.4 Å². The number of carbonyl (C=O) groups excluding carboxylic acids is 3. The van der Waals surface area contributed by atoms with Gasteiger partial charge in [-0.25, -0.2) is 4.79 Å². The van der Waals surface area contributed by atoms with Gasteiger partial charge in [-0.3, -0.25) is 19.2 Å². The van der Waals surface area contributed by atoms with Gasteiger partial charge in [-0.15, -0.1) is 0 Å². The van der Waals surface area contributed by atoms with Gasteiger partial charge in [0.25, 0.3) is 0 Å². The number of nitrogens with zero attached hydrogens (tertiary/aromatic N) is 3. The number of ether oxygens (including phenoxy) is 1. The van der Waals surface area contributed by atoms with E-state index < -0.39 is 5.97 Å². The second-order valence-corrected chi connectivity index (χ2v) is 7.50. The Morgan fingerprint density at radius 1 is 1.28 bits per heavy atom. The molecule has 2 amide bonds. The van der Waals surface area contributed by atoms with Crippen LogP contribution in [-0.2, 0) is 21.4 Å². The molecule has 0 aliphatic carbocycles. The van der Waals surface area contributed by atoms with Crippen molar-refractivity contribution in [2.45, 2.75) is 52.5 Å². The Labute approximate surface area is 172 Å². The molecule has 9 heteroatoms. The van der Waals surface area contributed by atoms with E-state index in [4.69, 9.17) is 4.74 Å². The van der Waals surface area contributed by atoms with Crippen molar-refractivity contribution in [1.82, 2.24) is 20.0 Å². The Kier molecular flexibility index (Phi) is 8.63. The highest BCUT2D eigenvalue weighted by atomic mass is 16.5. The largest absolute Gasteiger partial charge is 0.462 e. The number of aryl methyl sites for hydroxylation is 1. The topological polar surface area (TPSA) is 106 Å². The summed E-state index contributed by atoms with van der Waals surface area (Å²) in [7, 11) is 1.65. The number of likely N-dealkylation sites (tertiary alicyclic amines) is 1. The Morgan fingerprint density at radius 2 is 2.03 bits per heavy atom. The zero-order valence-corrected chi connectivity index (χ0v) is 17.9. The molecule has 2 rings (SSSR count). The minimum Gasteiger partial charge on any atom is -0.462 e. The van der Waals surface area contributed by atoms with E-state index in [0.717, 1.165) is 25.7 Å². The molecule has 2 unspecified atom stereocenters. The minimum absolute atomic E-state index is 0.0620. The van der Waals surface area contributed by atoms with Crippen molar-refractivity contribution in [3.05, 3.63) is 11.8 Å². The van der Waals surface area contributed by atoms with Crippen LogP contribution < -0.4 is 10.6 Å². The summed E-state index contributed by atoms with van der Waals surface area (Å²) in [6, 6.07) is 0.205. The van der Waals surface area contributed by atoms with Crippen molar-refractivity contribution in [1.29, 1.82) is 0 Å². The lowest BCUT2D eigenvalue weighted by molar-refractivity contribution is -0.128. The van der Waals surface area contributed by atoms with Crippen LogP contribution in [0.2, 0.25) is 0 Å². The van der Waals surface area contributed by atoms with Crippen LogP contribution >= 0.6 is 0 Å². The van der Waals surface area contributed by atoms with E-state index in [9.17, 15) is 14.4 Å². The first-order valence-corrected chi connectivity index (χ1v) is 10.4. The number of aromatic nitrogens is 2. The molecule has 1 fully saturated rings. The molecule has 2 N–H and O–H groups in total. The van der Waals surface area contributed by atoms with Crippen LogP contribution in [0, 0.1) is 5.92 Å². The average Bonchev–Trinajstić information content (AvgIpc) is 3.04. The molecule has 1 aromatic heterocycles. The van der Waals surface area contributed by atoms with Gasteiger partial charge in [-0.1, -0.05) is 13.3 Å². The maximum absolute atomic E-state index is 12.6. The number of amides is 2. The number of hydrogen-bond donors (Lipinski definition) is 2. The quantitative estimate of drug-likeness (QED) is 0.475. The second kappa shape index (κ2) is 10.9. The van der Waals surface area contributed by atoms with Crippen LogP contribution in [0.15, 0.2) is 6.20 Å². The number of nitrogens with one attached hydrogen (secondary N) is 2. The second-order valence-electron chi connectivity index (χ2n) is 7.50. The van der Waals surface area contributed by atoms with Crippen LogP contribution in [0.1, 0.15) is 56.8 Å². The van der Waals surface area contributed by atoms with Gasteiger partial charge >= 0.3 is 5.97 Å². The lowest BCUT2D eigenvalue weighted by Gasteiger charge is -2.36. The summed E-state index contributed by atoms with van der Waals surface area (Å²) in [6.45, 7) is 7.50.